The smallest absolute Gasteiger partial charge is 0.246 e. The molecule has 0 aromatic carbocycles. The number of nitrogens with zero attached hydrogens (tertiary/aromatic N) is 3. The SMILES string of the molecule is Cc1ccnc(N2NNC3=CNC(C)C=C32)n1. The summed E-state index contributed by atoms with van der Waals surface area (Å²) >= 11 is 0. The second-order valence-corrected chi connectivity index (χ2v) is 4.14. The van der Waals surface area contributed by atoms with Crippen molar-refractivity contribution in [2.75, 3.05) is 5.01 Å². The molecule has 0 radical (unpaired) electrons. The van der Waals surface area contributed by atoms with Crippen LogP contribution in [0.25, 0.3) is 0 Å². The Labute approximate surface area is 99.4 Å². The van der Waals surface area contributed by atoms with E-state index in [0.717, 1.165) is 17.1 Å². The molecule has 0 saturated carbocycles. The highest BCUT2D eigenvalue weighted by Gasteiger charge is 2.27. The van der Waals surface area contributed by atoms with Crippen LogP contribution in [0.3, 0.4) is 0 Å². The van der Waals surface area contributed by atoms with Crippen LogP contribution in [-0.2, 0) is 0 Å². The van der Waals surface area contributed by atoms with Crippen molar-refractivity contribution in [3.05, 3.63) is 41.6 Å². The summed E-state index contributed by atoms with van der Waals surface area (Å²) in [6.07, 6.45) is 5.82. The minimum Gasteiger partial charge on any atom is -0.383 e. The van der Waals surface area contributed by atoms with E-state index in [0.29, 0.717) is 12.0 Å². The molecule has 1 unspecified atom stereocenters. The summed E-state index contributed by atoms with van der Waals surface area (Å²) in [7, 11) is 0. The fraction of sp³-hybridized carbons (Fsp3) is 0.273. The lowest BCUT2D eigenvalue weighted by Gasteiger charge is -2.20. The van der Waals surface area contributed by atoms with Crippen molar-refractivity contribution < 1.29 is 0 Å². The largest absolute Gasteiger partial charge is 0.383 e. The summed E-state index contributed by atoms with van der Waals surface area (Å²) in [6, 6.07) is 2.17. The van der Waals surface area contributed by atoms with E-state index in [2.05, 4.69) is 39.2 Å². The Morgan fingerprint density at radius 2 is 2.29 bits per heavy atom. The summed E-state index contributed by atoms with van der Waals surface area (Å²) in [4.78, 5) is 8.66. The molecule has 6 nitrogen and oxygen atoms in total. The van der Waals surface area contributed by atoms with Gasteiger partial charge in [0.25, 0.3) is 0 Å². The van der Waals surface area contributed by atoms with Gasteiger partial charge in [-0.15, -0.1) is 5.53 Å². The molecule has 0 bridgehead atoms. The number of fused-ring (bicyclic) bond motifs is 1. The van der Waals surface area contributed by atoms with Crippen LogP contribution in [0.2, 0.25) is 0 Å². The lowest BCUT2D eigenvalue weighted by molar-refractivity contribution is 0.665. The molecule has 1 saturated heterocycles. The van der Waals surface area contributed by atoms with Crippen LogP contribution in [0, 0.1) is 6.92 Å². The number of nitrogens with one attached hydrogen (secondary N) is 3. The van der Waals surface area contributed by atoms with Crippen LogP contribution in [0.1, 0.15) is 12.6 Å². The van der Waals surface area contributed by atoms with E-state index in [1.807, 2.05) is 24.2 Å². The van der Waals surface area contributed by atoms with Crippen LogP contribution < -0.4 is 21.3 Å². The van der Waals surface area contributed by atoms with Gasteiger partial charge in [0.05, 0.1) is 11.4 Å². The number of anilines is 1. The molecule has 1 fully saturated rings. The highest BCUT2D eigenvalue weighted by atomic mass is 15.7. The van der Waals surface area contributed by atoms with Crippen molar-refractivity contribution in [2.24, 2.45) is 0 Å². The van der Waals surface area contributed by atoms with Gasteiger partial charge < -0.3 is 5.32 Å². The van der Waals surface area contributed by atoms with Crippen LogP contribution in [0.5, 0.6) is 0 Å². The van der Waals surface area contributed by atoms with Gasteiger partial charge in [-0.25, -0.2) is 15.0 Å². The van der Waals surface area contributed by atoms with Gasteiger partial charge in [0.15, 0.2) is 0 Å². The summed E-state index contributed by atoms with van der Waals surface area (Å²) in [6.45, 7) is 4.04. The summed E-state index contributed by atoms with van der Waals surface area (Å²) in [5, 5.41) is 5.07. The molecule has 1 atom stereocenters. The summed E-state index contributed by atoms with van der Waals surface area (Å²) in [5.41, 5.74) is 9.10. The van der Waals surface area contributed by atoms with E-state index >= 15 is 0 Å². The molecule has 6 heteroatoms. The normalized spacial score (nSPS) is 22.2. The summed E-state index contributed by atoms with van der Waals surface area (Å²) in [5.74, 6) is 0.640. The molecule has 1 aromatic rings. The van der Waals surface area contributed by atoms with Crippen molar-refractivity contribution in [1.29, 1.82) is 0 Å². The Balaban J connectivity index is 1.98. The molecule has 2 aliphatic rings. The van der Waals surface area contributed by atoms with E-state index in [4.69, 9.17) is 0 Å². The van der Waals surface area contributed by atoms with Crippen molar-refractivity contribution in [2.45, 2.75) is 19.9 Å². The van der Waals surface area contributed by atoms with Crippen molar-refractivity contribution in [1.82, 2.24) is 26.2 Å². The average molecular weight is 230 g/mol. The number of aryl methyl sites for hydroxylation is 1. The maximum Gasteiger partial charge on any atom is 0.246 e. The molecule has 2 aliphatic heterocycles. The number of hydrazine groups is 2. The number of hydrogen-bond acceptors (Lipinski definition) is 6. The van der Waals surface area contributed by atoms with Crippen molar-refractivity contribution in [3.8, 4) is 0 Å². The molecule has 0 amide bonds. The van der Waals surface area contributed by atoms with Gasteiger partial charge in [0.2, 0.25) is 5.95 Å². The van der Waals surface area contributed by atoms with Gasteiger partial charge in [0.1, 0.15) is 0 Å². The second-order valence-electron chi connectivity index (χ2n) is 4.14. The number of rotatable bonds is 1. The van der Waals surface area contributed by atoms with Gasteiger partial charge in [-0.2, -0.15) is 0 Å². The van der Waals surface area contributed by atoms with E-state index in [-0.39, 0.29) is 0 Å². The van der Waals surface area contributed by atoms with Gasteiger partial charge in [0, 0.05) is 24.1 Å². The van der Waals surface area contributed by atoms with E-state index in [9.17, 15) is 0 Å². The van der Waals surface area contributed by atoms with Crippen LogP contribution in [0.4, 0.5) is 5.95 Å². The maximum absolute atomic E-state index is 4.40. The fourth-order valence-electron chi connectivity index (χ4n) is 1.84. The minimum absolute atomic E-state index is 0.294. The van der Waals surface area contributed by atoms with Crippen LogP contribution >= 0.6 is 0 Å². The zero-order valence-corrected chi connectivity index (χ0v) is 9.73. The number of dihydropyridines is 1. The Kier molecular flexibility index (Phi) is 2.22. The third-order valence-corrected chi connectivity index (χ3v) is 2.70. The lowest BCUT2D eigenvalue weighted by atomic mass is 10.2. The molecule has 0 spiro atoms. The molecular formula is C11H14N6. The lowest BCUT2D eigenvalue weighted by Crippen LogP contribution is -2.36. The van der Waals surface area contributed by atoms with E-state index < -0.39 is 0 Å². The second kappa shape index (κ2) is 3.74. The number of hydrogen-bond donors (Lipinski definition) is 3. The topological polar surface area (TPSA) is 65.1 Å². The molecule has 3 heterocycles. The van der Waals surface area contributed by atoms with E-state index in [1.54, 1.807) is 6.20 Å². The molecular weight excluding hydrogens is 216 g/mol. The third kappa shape index (κ3) is 1.72. The molecule has 1 aromatic heterocycles. The Bertz CT molecular complexity index is 506. The predicted molar refractivity (Wildman–Crippen MR) is 64.3 cm³/mol. The predicted octanol–water partition coefficient (Wildman–Crippen LogP) is 0.331. The fourth-order valence-corrected chi connectivity index (χ4v) is 1.84. The monoisotopic (exact) mass is 230 g/mol. The van der Waals surface area contributed by atoms with Crippen molar-refractivity contribution >= 4 is 5.95 Å². The minimum atomic E-state index is 0.294. The first-order chi connectivity index (χ1) is 8.24. The quantitative estimate of drug-likeness (QED) is 0.646. The molecule has 3 N–H and O–H groups in total. The van der Waals surface area contributed by atoms with Gasteiger partial charge in [-0.1, -0.05) is 0 Å². The zero-order chi connectivity index (χ0) is 11.8. The molecule has 3 rings (SSSR count). The highest BCUT2D eigenvalue weighted by molar-refractivity contribution is 5.51. The number of aromatic nitrogens is 2. The van der Waals surface area contributed by atoms with E-state index in [1.165, 1.54) is 0 Å². The first-order valence-corrected chi connectivity index (χ1v) is 5.54. The Morgan fingerprint density at radius 3 is 3.12 bits per heavy atom. The Hall–Kier alpha value is -2.08. The molecule has 17 heavy (non-hydrogen) atoms. The van der Waals surface area contributed by atoms with Crippen LogP contribution in [-0.4, -0.2) is 16.0 Å². The molecule has 88 valence electrons. The first-order valence-electron chi connectivity index (χ1n) is 5.54. The summed E-state index contributed by atoms with van der Waals surface area (Å²) < 4.78 is 0. The standard InChI is InChI=1S/C11H14N6/c1-7-3-4-12-11(14-7)17-10-5-8(2)13-6-9(10)15-16-17/h3-6,8,13,15-16H,1-2H3. The maximum atomic E-state index is 4.40. The average Bonchev–Trinajstić information content (AvgIpc) is 2.71. The zero-order valence-electron chi connectivity index (χ0n) is 9.73. The van der Waals surface area contributed by atoms with Crippen LogP contribution in [0.15, 0.2) is 35.9 Å². The molecule has 0 aliphatic carbocycles. The first kappa shape index (κ1) is 10.1. The van der Waals surface area contributed by atoms with Gasteiger partial charge in [-0.3, -0.25) is 5.43 Å². The van der Waals surface area contributed by atoms with Gasteiger partial charge >= 0.3 is 0 Å². The third-order valence-electron chi connectivity index (χ3n) is 2.70. The highest BCUT2D eigenvalue weighted by Crippen LogP contribution is 2.23. The van der Waals surface area contributed by atoms with Crippen molar-refractivity contribution in [3.63, 3.8) is 0 Å². The van der Waals surface area contributed by atoms with Gasteiger partial charge in [-0.05, 0) is 26.0 Å². The Morgan fingerprint density at radius 1 is 1.41 bits per heavy atom.